The molecule has 3 aromatic rings. The predicted molar refractivity (Wildman–Crippen MR) is 90.5 cm³/mol. The highest BCUT2D eigenvalue weighted by Gasteiger charge is 2.19. The molecule has 0 N–H and O–H groups in total. The second-order valence-corrected chi connectivity index (χ2v) is 5.83. The van der Waals surface area contributed by atoms with Crippen molar-refractivity contribution >= 4 is 23.2 Å². The van der Waals surface area contributed by atoms with Gasteiger partial charge in [-0.25, -0.2) is 19.3 Å². The van der Waals surface area contributed by atoms with Gasteiger partial charge in [0.15, 0.2) is 5.65 Å². The van der Waals surface area contributed by atoms with Crippen LogP contribution in [0.3, 0.4) is 0 Å². The number of carbonyl (C=O) groups is 1. The van der Waals surface area contributed by atoms with Crippen molar-refractivity contribution in [2.45, 2.75) is 27.2 Å². The Bertz CT molecular complexity index is 903. The van der Waals surface area contributed by atoms with E-state index in [0.717, 1.165) is 22.5 Å². The summed E-state index contributed by atoms with van der Waals surface area (Å²) >= 11 is 5.83. The molecule has 0 amide bonds. The number of nitrogens with zero attached hydrogens (tertiary/aromatic N) is 4. The van der Waals surface area contributed by atoms with Crippen molar-refractivity contribution in [2.75, 3.05) is 6.61 Å². The van der Waals surface area contributed by atoms with Gasteiger partial charge in [0.1, 0.15) is 10.7 Å². The molecule has 0 spiro atoms. The molecule has 0 bridgehead atoms. The quantitative estimate of drug-likeness (QED) is 0.537. The second-order valence-electron chi connectivity index (χ2n) is 5.44. The first-order valence-corrected chi connectivity index (χ1v) is 8.00. The maximum absolute atomic E-state index is 12.0. The molecule has 6 nitrogen and oxygen atoms in total. The summed E-state index contributed by atoms with van der Waals surface area (Å²) in [5.74, 6) is -0.409. The zero-order chi connectivity index (χ0) is 17.3. The van der Waals surface area contributed by atoms with Gasteiger partial charge in [0.05, 0.1) is 12.8 Å². The number of pyridine rings is 1. The van der Waals surface area contributed by atoms with E-state index in [9.17, 15) is 4.79 Å². The third-order valence-corrected chi connectivity index (χ3v) is 4.10. The van der Waals surface area contributed by atoms with Gasteiger partial charge in [-0.15, -0.1) is 0 Å². The first-order valence-electron chi connectivity index (χ1n) is 7.62. The number of rotatable bonds is 4. The Balaban J connectivity index is 2.04. The summed E-state index contributed by atoms with van der Waals surface area (Å²) in [4.78, 5) is 20.7. The molecular formula is C17H17ClN4O2. The van der Waals surface area contributed by atoms with Crippen LogP contribution in [-0.2, 0) is 11.2 Å². The van der Waals surface area contributed by atoms with Crippen LogP contribution in [0.15, 0.2) is 24.5 Å². The molecule has 0 atom stereocenters. The van der Waals surface area contributed by atoms with E-state index in [4.69, 9.17) is 16.3 Å². The minimum Gasteiger partial charge on any atom is -0.462 e. The van der Waals surface area contributed by atoms with E-state index in [0.29, 0.717) is 29.4 Å². The van der Waals surface area contributed by atoms with E-state index < -0.39 is 5.97 Å². The van der Waals surface area contributed by atoms with Gasteiger partial charge in [0.2, 0.25) is 0 Å². The number of aryl methyl sites for hydroxylation is 2. The molecule has 0 fully saturated rings. The second kappa shape index (κ2) is 6.57. The molecule has 0 saturated carbocycles. The van der Waals surface area contributed by atoms with Crippen molar-refractivity contribution in [2.24, 2.45) is 0 Å². The van der Waals surface area contributed by atoms with Gasteiger partial charge in [-0.1, -0.05) is 17.7 Å². The summed E-state index contributed by atoms with van der Waals surface area (Å²) in [6, 6.07) is 3.70. The summed E-state index contributed by atoms with van der Waals surface area (Å²) < 4.78 is 6.74. The Morgan fingerprint density at radius 2 is 2.08 bits per heavy atom. The fraction of sp³-hybridized carbons (Fsp3) is 0.294. The molecule has 7 heteroatoms. The van der Waals surface area contributed by atoms with Crippen LogP contribution in [0.2, 0.25) is 5.15 Å². The van der Waals surface area contributed by atoms with E-state index in [1.165, 1.54) is 6.20 Å². The van der Waals surface area contributed by atoms with Crippen molar-refractivity contribution in [3.05, 3.63) is 57.8 Å². The van der Waals surface area contributed by atoms with E-state index in [-0.39, 0.29) is 0 Å². The van der Waals surface area contributed by atoms with Gasteiger partial charge in [0, 0.05) is 24.0 Å². The maximum Gasteiger partial charge on any atom is 0.343 e. The molecule has 3 rings (SSSR count). The third-order valence-electron chi connectivity index (χ3n) is 3.87. The minimum absolute atomic E-state index is 0.315. The van der Waals surface area contributed by atoms with Crippen LogP contribution >= 0.6 is 11.6 Å². The van der Waals surface area contributed by atoms with Crippen LogP contribution in [-0.4, -0.2) is 32.2 Å². The Morgan fingerprint density at radius 1 is 1.29 bits per heavy atom. The summed E-state index contributed by atoms with van der Waals surface area (Å²) in [7, 11) is 0. The predicted octanol–water partition coefficient (Wildman–Crippen LogP) is 3.16. The van der Waals surface area contributed by atoms with Crippen molar-refractivity contribution < 1.29 is 9.53 Å². The number of esters is 1. The molecular weight excluding hydrogens is 328 g/mol. The summed E-state index contributed by atoms with van der Waals surface area (Å²) in [5.41, 5.74) is 4.75. The Hall–Kier alpha value is -2.47. The zero-order valence-electron chi connectivity index (χ0n) is 13.7. The van der Waals surface area contributed by atoms with Crippen molar-refractivity contribution in [1.29, 1.82) is 0 Å². The first-order chi connectivity index (χ1) is 11.5. The number of hydrogen-bond acceptors (Lipinski definition) is 5. The van der Waals surface area contributed by atoms with Crippen LogP contribution in [0.25, 0.3) is 5.65 Å². The molecule has 0 unspecified atom stereocenters. The fourth-order valence-electron chi connectivity index (χ4n) is 2.63. The largest absolute Gasteiger partial charge is 0.462 e. The number of ether oxygens (including phenoxy) is 1. The van der Waals surface area contributed by atoms with E-state index in [1.807, 2.05) is 19.9 Å². The van der Waals surface area contributed by atoms with Gasteiger partial charge < -0.3 is 4.74 Å². The normalized spacial score (nSPS) is 11.0. The first kappa shape index (κ1) is 16.4. The van der Waals surface area contributed by atoms with Gasteiger partial charge in [-0.05, 0) is 38.0 Å². The molecule has 0 radical (unpaired) electrons. The van der Waals surface area contributed by atoms with Crippen molar-refractivity contribution in [3.8, 4) is 0 Å². The lowest BCUT2D eigenvalue weighted by Gasteiger charge is -2.11. The van der Waals surface area contributed by atoms with E-state index >= 15 is 0 Å². The highest BCUT2D eigenvalue weighted by Crippen LogP contribution is 2.21. The number of hydrogen-bond donors (Lipinski definition) is 0. The van der Waals surface area contributed by atoms with Crippen LogP contribution in [0.1, 0.15) is 39.8 Å². The van der Waals surface area contributed by atoms with Gasteiger partial charge in [0.25, 0.3) is 0 Å². The fourth-order valence-corrected chi connectivity index (χ4v) is 2.75. The lowest BCUT2D eigenvalue weighted by atomic mass is 10.0. The van der Waals surface area contributed by atoms with Gasteiger partial charge in [-0.3, -0.25) is 0 Å². The summed E-state index contributed by atoms with van der Waals surface area (Å²) in [5, 5.41) is 4.76. The topological polar surface area (TPSA) is 69.4 Å². The lowest BCUT2D eigenvalue weighted by Crippen LogP contribution is -2.09. The molecule has 0 aromatic carbocycles. The Morgan fingerprint density at radius 3 is 2.75 bits per heavy atom. The number of carbonyl (C=O) groups excluding carboxylic acids is 1. The Labute approximate surface area is 144 Å². The average Bonchev–Trinajstić information content (AvgIpc) is 2.97. The lowest BCUT2D eigenvalue weighted by molar-refractivity contribution is 0.0528. The number of fused-ring (bicyclic) bond motifs is 1. The molecule has 3 heterocycles. The molecule has 0 aliphatic rings. The van der Waals surface area contributed by atoms with Crippen molar-refractivity contribution in [1.82, 2.24) is 19.6 Å². The third kappa shape index (κ3) is 2.97. The standard InChI is InChI=1S/C17H17ClN4O2/c1-4-24-17(23)14-9-20-22-11(3)13(10(2)21-16(14)22)7-12-5-6-15(18)19-8-12/h5-6,8-9H,4,7H2,1-3H3. The zero-order valence-corrected chi connectivity index (χ0v) is 14.5. The van der Waals surface area contributed by atoms with Gasteiger partial charge in [-0.2, -0.15) is 5.10 Å². The SMILES string of the molecule is CCOC(=O)c1cnn2c(C)c(Cc3ccc(Cl)nc3)c(C)nc12. The highest BCUT2D eigenvalue weighted by atomic mass is 35.5. The molecule has 3 aromatic heterocycles. The summed E-state index contributed by atoms with van der Waals surface area (Å²) in [6.45, 7) is 5.97. The maximum atomic E-state index is 12.0. The monoisotopic (exact) mass is 344 g/mol. The average molecular weight is 345 g/mol. The molecule has 0 aliphatic heterocycles. The van der Waals surface area contributed by atoms with Gasteiger partial charge >= 0.3 is 5.97 Å². The van der Waals surface area contributed by atoms with E-state index in [2.05, 4.69) is 15.1 Å². The molecule has 0 aliphatic carbocycles. The van der Waals surface area contributed by atoms with Crippen LogP contribution < -0.4 is 0 Å². The number of aromatic nitrogens is 4. The summed E-state index contributed by atoms with van der Waals surface area (Å²) in [6.07, 6.45) is 3.91. The van der Waals surface area contributed by atoms with E-state index in [1.54, 1.807) is 23.7 Å². The molecule has 0 saturated heterocycles. The highest BCUT2D eigenvalue weighted by molar-refractivity contribution is 6.29. The van der Waals surface area contributed by atoms with Crippen LogP contribution in [0.4, 0.5) is 0 Å². The minimum atomic E-state index is -0.409. The molecule has 24 heavy (non-hydrogen) atoms. The van der Waals surface area contributed by atoms with Crippen molar-refractivity contribution in [3.63, 3.8) is 0 Å². The van der Waals surface area contributed by atoms with Crippen LogP contribution in [0, 0.1) is 13.8 Å². The smallest absolute Gasteiger partial charge is 0.343 e. The number of halogens is 1. The van der Waals surface area contributed by atoms with Crippen LogP contribution in [0.5, 0.6) is 0 Å². The molecule has 124 valence electrons. The Kier molecular flexibility index (Phi) is 4.49.